The van der Waals surface area contributed by atoms with Gasteiger partial charge in [0.2, 0.25) is 0 Å². The van der Waals surface area contributed by atoms with Crippen molar-refractivity contribution >= 4 is 27.1 Å². The van der Waals surface area contributed by atoms with Crippen molar-refractivity contribution in [2.75, 3.05) is 6.26 Å². The highest BCUT2D eigenvalue weighted by molar-refractivity contribution is 7.90. The Morgan fingerprint density at radius 2 is 2.00 bits per heavy atom. The van der Waals surface area contributed by atoms with E-state index in [1.807, 2.05) is 6.92 Å². The van der Waals surface area contributed by atoms with Crippen molar-refractivity contribution in [3.63, 3.8) is 0 Å². The minimum absolute atomic E-state index is 0.0309. The highest BCUT2D eigenvalue weighted by Gasteiger charge is 2.17. The lowest BCUT2D eigenvalue weighted by molar-refractivity contribution is 0.601. The standard InChI is InChI=1S/C17H13ClN4O3S/c1-10-6-11(19-2)4-5-13(10)14-9-21-22(17(14)23)16-15(18)7-12(8-20-16)26(3,24)25/h4-9,21H,1,3H3. The van der Waals surface area contributed by atoms with Gasteiger partial charge in [-0.25, -0.2) is 18.2 Å². The number of hydrogen-bond acceptors (Lipinski definition) is 4. The molecule has 9 heteroatoms. The van der Waals surface area contributed by atoms with Crippen LogP contribution in [0.15, 0.2) is 46.3 Å². The minimum atomic E-state index is -3.45. The summed E-state index contributed by atoms with van der Waals surface area (Å²) in [7, 11) is -3.45. The van der Waals surface area contributed by atoms with Gasteiger partial charge < -0.3 is 0 Å². The van der Waals surface area contributed by atoms with E-state index in [0.717, 1.165) is 22.7 Å². The van der Waals surface area contributed by atoms with Gasteiger partial charge in [-0.1, -0.05) is 35.4 Å². The summed E-state index contributed by atoms with van der Waals surface area (Å²) in [5, 5.41) is 2.82. The number of hydrogen-bond donors (Lipinski definition) is 1. The molecule has 0 aliphatic heterocycles. The Hall–Kier alpha value is -2.89. The van der Waals surface area contributed by atoms with Crippen molar-refractivity contribution in [3.05, 3.63) is 69.0 Å². The first kappa shape index (κ1) is 17.9. The first-order valence-corrected chi connectivity index (χ1v) is 9.64. The molecule has 0 aliphatic rings. The maximum absolute atomic E-state index is 12.8. The van der Waals surface area contributed by atoms with E-state index in [1.165, 1.54) is 12.3 Å². The smallest absolute Gasteiger partial charge is 0.280 e. The highest BCUT2D eigenvalue weighted by atomic mass is 35.5. The number of aryl methyl sites for hydroxylation is 1. The molecule has 7 nitrogen and oxygen atoms in total. The third kappa shape index (κ3) is 3.14. The fourth-order valence-corrected chi connectivity index (χ4v) is 3.41. The molecule has 3 rings (SSSR count). The van der Waals surface area contributed by atoms with Crippen LogP contribution in [0.4, 0.5) is 5.69 Å². The second kappa shape index (κ2) is 6.44. The van der Waals surface area contributed by atoms with Crippen LogP contribution in [-0.4, -0.2) is 29.4 Å². The number of benzene rings is 1. The number of rotatable bonds is 3. The van der Waals surface area contributed by atoms with Gasteiger partial charge in [0.05, 0.1) is 22.1 Å². The largest absolute Gasteiger partial charge is 0.296 e. The van der Waals surface area contributed by atoms with Gasteiger partial charge >= 0.3 is 0 Å². The maximum Gasteiger partial charge on any atom is 0.280 e. The molecule has 132 valence electrons. The lowest BCUT2D eigenvalue weighted by Crippen LogP contribution is -2.18. The number of H-pyrrole nitrogens is 1. The zero-order valence-electron chi connectivity index (χ0n) is 13.8. The van der Waals surface area contributed by atoms with Gasteiger partial charge in [0, 0.05) is 18.6 Å². The minimum Gasteiger partial charge on any atom is -0.296 e. The molecule has 0 spiro atoms. The second-order valence-electron chi connectivity index (χ2n) is 5.69. The van der Waals surface area contributed by atoms with Crippen LogP contribution in [0, 0.1) is 13.5 Å². The Bertz CT molecular complexity index is 1220. The van der Waals surface area contributed by atoms with E-state index in [0.29, 0.717) is 16.8 Å². The van der Waals surface area contributed by atoms with Crippen LogP contribution in [0.5, 0.6) is 0 Å². The van der Waals surface area contributed by atoms with Crippen LogP contribution in [-0.2, 0) is 9.84 Å². The summed E-state index contributed by atoms with van der Waals surface area (Å²) in [4.78, 5) is 20.1. The fraction of sp³-hybridized carbons (Fsp3) is 0.118. The summed E-state index contributed by atoms with van der Waals surface area (Å²) in [6, 6.07) is 6.30. The Morgan fingerprint density at radius 3 is 2.58 bits per heavy atom. The van der Waals surface area contributed by atoms with Gasteiger partial charge in [0.25, 0.3) is 5.56 Å². The number of nitrogens with one attached hydrogen (secondary N) is 1. The molecule has 0 saturated heterocycles. The fourth-order valence-electron chi connectivity index (χ4n) is 2.52. The van der Waals surface area contributed by atoms with E-state index in [4.69, 9.17) is 18.2 Å². The molecule has 0 bridgehead atoms. The van der Waals surface area contributed by atoms with Gasteiger partial charge in [-0.2, -0.15) is 4.68 Å². The number of aromatic nitrogens is 3. The van der Waals surface area contributed by atoms with Crippen LogP contribution in [0.2, 0.25) is 5.02 Å². The molecule has 0 fully saturated rings. The van der Waals surface area contributed by atoms with E-state index >= 15 is 0 Å². The van der Waals surface area contributed by atoms with E-state index in [9.17, 15) is 13.2 Å². The molecule has 2 heterocycles. The number of sulfone groups is 1. The van der Waals surface area contributed by atoms with E-state index in [-0.39, 0.29) is 21.3 Å². The lowest BCUT2D eigenvalue weighted by Gasteiger charge is -2.05. The Morgan fingerprint density at radius 1 is 1.27 bits per heavy atom. The van der Waals surface area contributed by atoms with Gasteiger partial charge in [-0.15, -0.1) is 0 Å². The highest BCUT2D eigenvalue weighted by Crippen LogP contribution is 2.26. The number of pyridine rings is 1. The molecular weight excluding hydrogens is 376 g/mol. The summed E-state index contributed by atoms with van der Waals surface area (Å²) in [6.45, 7) is 8.86. The quantitative estimate of drug-likeness (QED) is 0.698. The van der Waals surface area contributed by atoms with Gasteiger partial charge in [-0.3, -0.25) is 9.89 Å². The van der Waals surface area contributed by atoms with Gasteiger partial charge in [0.1, 0.15) is 0 Å². The van der Waals surface area contributed by atoms with Crippen molar-refractivity contribution in [3.8, 4) is 16.9 Å². The Kier molecular flexibility index (Phi) is 4.44. The van der Waals surface area contributed by atoms with Crippen molar-refractivity contribution in [2.45, 2.75) is 11.8 Å². The Balaban J connectivity index is 2.11. The summed E-state index contributed by atoms with van der Waals surface area (Å²) in [5.74, 6) is 0.103. The normalized spacial score (nSPS) is 11.3. The molecule has 0 amide bonds. The number of halogens is 1. The molecule has 0 radical (unpaired) electrons. The van der Waals surface area contributed by atoms with Crippen molar-refractivity contribution < 1.29 is 8.42 Å². The summed E-state index contributed by atoms with van der Waals surface area (Å²) in [5.41, 5.74) is 1.96. The molecule has 1 N–H and O–H groups in total. The number of nitrogens with zero attached hydrogens (tertiary/aromatic N) is 3. The molecule has 0 atom stereocenters. The Labute approximate surface area is 154 Å². The lowest BCUT2D eigenvalue weighted by atomic mass is 10.0. The molecule has 2 aromatic heterocycles. The average Bonchev–Trinajstić information content (AvgIpc) is 2.95. The van der Waals surface area contributed by atoms with Crippen LogP contribution in [0.25, 0.3) is 21.8 Å². The first-order chi connectivity index (χ1) is 12.2. The molecular formula is C17H13ClN4O3S. The third-order valence-electron chi connectivity index (χ3n) is 3.84. The van der Waals surface area contributed by atoms with Crippen LogP contribution < -0.4 is 5.56 Å². The van der Waals surface area contributed by atoms with Crippen molar-refractivity contribution in [1.82, 2.24) is 14.8 Å². The molecule has 1 aromatic carbocycles. The SMILES string of the molecule is [C-]#[N+]c1ccc(-c2c[nH]n(-c3ncc(S(C)(=O)=O)cc3Cl)c2=O)c(C)c1. The van der Waals surface area contributed by atoms with Crippen LogP contribution >= 0.6 is 11.6 Å². The van der Waals surface area contributed by atoms with E-state index in [2.05, 4.69) is 14.9 Å². The second-order valence-corrected chi connectivity index (χ2v) is 8.11. The van der Waals surface area contributed by atoms with Gasteiger partial charge in [0.15, 0.2) is 21.3 Å². The first-order valence-electron chi connectivity index (χ1n) is 7.37. The predicted octanol–water partition coefficient (Wildman–Crippen LogP) is 3.14. The monoisotopic (exact) mass is 388 g/mol. The van der Waals surface area contributed by atoms with E-state index in [1.54, 1.807) is 18.2 Å². The van der Waals surface area contributed by atoms with Gasteiger partial charge in [-0.05, 0) is 18.6 Å². The molecule has 0 saturated carbocycles. The average molecular weight is 389 g/mol. The molecule has 0 unspecified atom stereocenters. The summed E-state index contributed by atoms with van der Waals surface area (Å²) >= 11 is 6.13. The topological polar surface area (TPSA) is 89.2 Å². The zero-order valence-corrected chi connectivity index (χ0v) is 15.4. The number of aromatic amines is 1. The summed E-state index contributed by atoms with van der Waals surface area (Å²) < 4.78 is 24.3. The zero-order chi connectivity index (χ0) is 19.1. The molecule has 26 heavy (non-hydrogen) atoms. The predicted molar refractivity (Wildman–Crippen MR) is 98.7 cm³/mol. The molecule has 0 aliphatic carbocycles. The molecule has 3 aromatic rings. The van der Waals surface area contributed by atoms with Crippen LogP contribution in [0.1, 0.15) is 5.56 Å². The van der Waals surface area contributed by atoms with Crippen molar-refractivity contribution in [1.29, 1.82) is 0 Å². The van der Waals surface area contributed by atoms with E-state index < -0.39 is 9.84 Å². The summed E-state index contributed by atoms with van der Waals surface area (Å²) in [6.07, 6.45) is 3.72. The van der Waals surface area contributed by atoms with Crippen LogP contribution in [0.3, 0.4) is 0 Å². The maximum atomic E-state index is 12.8. The van der Waals surface area contributed by atoms with Crippen molar-refractivity contribution in [2.24, 2.45) is 0 Å². The third-order valence-corrected chi connectivity index (χ3v) is 5.20.